The van der Waals surface area contributed by atoms with Gasteiger partial charge >= 0.3 is 0 Å². The summed E-state index contributed by atoms with van der Waals surface area (Å²) >= 11 is 1.87. The summed E-state index contributed by atoms with van der Waals surface area (Å²) in [4.78, 5) is 13.7. The Hall–Kier alpha value is -1.35. The minimum atomic E-state index is -0.278. The van der Waals surface area contributed by atoms with Crippen LogP contribution in [0.3, 0.4) is 0 Å². The van der Waals surface area contributed by atoms with Crippen molar-refractivity contribution in [1.29, 1.82) is 0 Å². The highest BCUT2D eigenvalue weighted by Crippen LogP contribution is 2.26. The third-order valence-electron chi connectivity index (χ3n) is 4.48. The van der Waals surface area contributed by atoms with E-state index in [0.717, 1.165) is 54.0 Å². The molecule has 0 aliphatic carbocycles. The highest BCUT2D eigenvalue weighted by atomic mass is 32.2. The molecule has 1 fully saturated rings. The number of anilines is 1. The van der Waals surface area contributed by atoms with E-state index in [0.29, 0.717) is 18.3 Å². The molecule has 1 aliphatic rings. The van der Waals surface area contributed by atoms with Crippen molar-refractivity contribution in [3.05, 3.63) is 18.1 Å². The number of rotatable bonds is 8. The summed E-state index contributed by atoms with van der Waals surface area (Å²) in [5.74, 6) is 2.77. The Labute approximate surface area is 145 Å². The first-order chi connectivity index (χ1) is 11.7. The van der Waals surface area contributed by atoms with Gasteiger partial charge < -0.3 is 20.9 Å². The van der Waals surface area contributed by atoms with Crippen LogP contribution >= 0.6 is 11.8 Å². The lowest BCUT2D eigenvalue weighted by Crippen LogP contribution is -2.21. The first-order valence-electron chi connectivity index (χ1n) is 8.34. The molecule has 3 rings (SSSR count). The standard InChI is InChI=1S/C16H25N5O2S/c17-16-15-14(19-10-20-16)11(5-18-15)6-21-7-12(13(23)8-21)9-24-4-2-1-3-22/h5,10,12-13,18,22-23H,1-4,6-9H2,(H2,17,19,20)/t12-,13-/m1/s1. The van der Waals surface area contributed by atoms with Crippen molar-refractivity contribution in [3.63, 3.8) is 0 Å². The molecule has 5 N–H and O–H groups in total. The summed E-state index contributed by atoms with van der Waals surface area (Å²) in [7, 11) is 0. The summed E-state index contributed by atoms with van der Waals surface area (Å²) in [5.41, 5.74) is 8.58. The van der Waals surface area contributed by atoms with Crippen LogP contribution in [-0.2, 0) is 6.54 Å². The molecule has 0 amide bonds. The maximum absolute atomic E-state index is 10.3. The highest BCUT2D eigenvalue weighted by molar-refractivity contribution is 7.99. The minimum absolute atomic E-state index is 0.263. The van der Waals surface area contributed by atoms with Crippen LogP contribution in [0.4, 0.5) is 5.82 Å². The van der Waals surface area contributed by atoms with Crippen LogP contribution in [-0.4, -0.2) is 67.4 Å². The molecule has 0 spiro atoms. The molecule has 2 aromatic rings. The molecule has 0 aromatic carbocycles. The minimum Gasteiger partial charge on any atom is -0.396 e. The Morgan fingerprint density at radius 3 is 3.04 bits per heavy atom. The van der Waals surface area contributed by atoms with Gasteiger partial charge in [0.1, 0.15) is 11.8 Å². The van der Waals surface area contributed by atoms with E-state index >= 15 is 0 Å². The summed E-state index contributed by atoms with van der Waals surface area (Å²) in [5, 5.41) is 19.1. The number of thioether (sulfide) groups is 1. The second kappa shape index (κ2) is 8.15. The fourth-order valence-electron chi connectivity index (χ4n) is 3.16. The molecule has 1 saturated heterocycles. The zero-order chi connectivity index (χ0) is 16.9. The predicted molar refractivity (Wildman–Crippen MR) is 96.7 cm³/mol. The van der Waals surface area contributed by atoms with E-state index in [1.165, 1.54) is 6.33 Å². The number of H-pyrrole nitrogens is 1. The Balaban J connectivity index is 1.54. The largest absolute Gasteiger partial charge is 0.396 e. The van der Waals surface area contributed by atoms with Crippen LogP contribution in [0.1, 0.15) is 18.4 Å². The number of hydrogen-bond acceptors (Lipinski definition) is 7. The summed E-state index contributed by atoms with van der Waals surface area (Å²) in [6.07, 6.45) is 5.03. The number of hydrogen-bond donors (Lipinski definition) is 4. The van der Waals surface area contributed by atoms with Gasteiger partial charge in [0, 0.05) is 43.9 Å². The first kappa shape index (κ1) is 17.5. The third-order valence-corrected chi connectivity index (χ3v) is 5.72. The fraction of sp³-hybridized carbons (Fsp3) is 0.625. The number of aliphatic hydroxyl groups excluding tert-OH is 2. The van der Waals surface area contributed by atoms with E-state index in [9.17, 15) is 5.11 Å². The normalized spacial score (nSPS) is 21.8. The number of nitrogens with one attached hydrogen (secondary N) is 1. The van der Waals surface area contributed by atoms with Gasteiger partial charge in [-0.15, -0.1) is 0 Å². The quantitative estimate of drug-likeness (QED) is 0.521. The molecule has 8 heteroatoms. The van der Waals surface area contributed by atoms with Crippen molar-refractivity contribution in [2.45, 2.75) is 25.5 Å². The number of nitrogens with two attached hydrogens (primary N) is 1. The molecule has 2 atom stereocenters. The second-order valence-electron chi connectivity index (χ2n) is 6.32. The molecular weight excluding hydrogens is 326 g/mol. The first-order valence-corrected chi connectivity index (χ1v) is 9.50. The summed E-state index contributed by atoms with van der Waals surface area (Å²) in [6.45, 7) is 2.59. The number of β-amino-alcohol motifs (C(OH)–C–C–N with tert-alkyl or cyclic N) is 1. The van der Waals surface area contributed by atoms with Crippen LogP contribution < -0.4 is 5.73 Å². The van der Waals surface area contributed by atoms with Gasteiger partial charge in [0.25, 0.3) is 0 Å². The van der Waals surface area contributed by atoms with Crippen LogP contribution in [0.25, 0.3) is 11.0 Å². The van der Waals surface area contributed by atoms with Gasteiger partial charge in [0.15, 0.2) is 5.82 Å². The lowest BCUT2D eigenvalue weighted by Gasteiger charge is -2.14. The number of aliphatic hydroxyl groups is 2. The summed E-state index contributed by atoms with van der Waals surface area (Å²) in [6, 6.07) is 0. The van der Waals surface area contributed by atoms with Gasteiger partial charge in [-0.2, -0.15) is 11.8 Å². The van der Waals surface area contributed by atoms with E-state index in [1.54, 1.807) is 0 Å². The van der Waals surface area contributed by atoms with E-state index in [2.05, 4.69) is 19.9 Å². The smallest absolute Gasteiger partial charge is 0.151 e. The van der Waals surface area contributed by atoms with Crippen LogP contribution in [0.5, 0.6) is 0 Å². The average molecular weight is 351 g/mol. The van der Waals surface area contributed by atoms with Gasteiger partial charge in [0.05, 0.1) is 11.6 Å². The molecular formula is C16H25N5O2S. The Bertz CT molecular complexity index is 665. The molecule has 1 aliphatic heterocycles. The molecule has 24 heavy (non-hydrogen) atoms. The molecule has 0 saturated carbocycles. The van der Waals surface area contributed by atoms with Gasteiger partial charge in [-0.25, -0.2) is 9.97 Å². The fourth-order valence-corrected chi connectivity index (χ4v) is 4.36. The van der Waals surface area contributed by atoms with Gasteiger partial charge in [0.2, 0.25) is 0 Å². The molecule has 3 heterocycles. The van der Waals surface area contributed by atoms with E-state index in [-0.39, 0.29) is 12.7 Å². The van der Waals surface area contributed by atoms with Crippen LogP contribution in [0.15, 0.2) is 12.5 Å². The maximum atomic E-state index is 10.3. The SMILES string of the molecule is Nc1ncnc2c(CN3C[C@H](CSCCCCO)[C@H](O)C3)c[nH]c12. The average Bonchev–Trinajstić information content (AvgIpc) is 3.13. The zero-order valence-electron chi connectivity index (χ0n) is 13.7. The maximum Gasteiger partial charge on any atom is 0.151 e. The summed E-state index contributed by atoms with van der Waals surface area (Å²) < 4.78 is 0. The lowest BCUT2D eigenvalue weighted by molar-refractivity contribution is 0.149. The van der Waals surface area contributed by atoms with Crippen LogP contribution in [0.2, 0.25) is 0 Å². The number of nitrogen functional groups attached to an aromatic ring is 1. The molecule has 132 valence electrons. The number of unbranched alkanes of at least 4 members (excludes halogenated alkanes) is 1. The highest BCUT2D eigenvalue weighted by Gasteiger charge is 2.31. The number of likely N-dealkylation sites (tertiary alicyclic amines) is 1. The zero-order valence-corrected chi connectivity index (χ0v) is 14.5. The van der Waals surface area contributed by atoms with Gasteiger partial charge in [-0.1, -0.05) is 0 Å². The van der Waals surface area contributed by atoms with E-state index in [4.69, 9.17) is 10.8 Å². The topological polar surface area (TPSA) is 111 Å². The van der Waals surface area contributed by atoms with Crippen molar-refractivity contribution in [1.82, 2.24) is 19.9 Å². The molecule has 2 aromatic heterocycles. The number of aromatic nitrogens is 3. The molecule has 0 radical (unpaired) electrons. The monoisotopic (exact) mass is 351 g/mol. The molecule has 0 bridgehead atoms. The molecule has 0 unspecified atom stereocenters. The predicted octanol–water partition coefficient (Wildman–Crippen LogP) is 0.838. The second-order valence-corrected chi connectivity index (χ2v) is 7.47. The van der Waals surface area contributed by atoms with Crippen molar-refractivity contribution >= 4 is 28.6 Å². The Morgan fingerprint density at radius 2 is 2.21 bits per heavy atom. The van der Waals surface area contributed by atoms with Crippen molar-refractivity contribution in [2.75, 3.05) is 36.9 Å². The van der Waals surface area contributed by atoms with Gasteiger partial charge in [-0.05, 0) is 24.3 Å². The molecule has 7 nitrogen and oxygen atoms in total. The van der Waals surface area contributed by atoms with E-state index in [1.807, 2.05) is 18.0 Å². The van der Waals surface area contributed by atoms with Crippen molar-refractivity contribution < 1.29 is 10.2 Å². The Morgan fingerprint density at radius 1 is 1.33 bits per heavy atom. The number of aromatic amines is 1. The van der Waals surface area contributed by atoms with Crippen molar-refractivity contribution in [2.24, 2.45) is 5.92 Å². The van der Waals surface area contributed by atoms with Crippen LogP contribution in [0, 0.1) is 5.92 Å². The lowest BCUT2D eigenvalue weighted by atomic mass is 10.1. The van der Waals surface area contributed by atoms with E-state index < -0.39 is 0 Å². The van der Waals surface area contributed by atoms with Crippen molar-refractivity contribution in [3.8, 4) is 0 Å². The third kappa shape index (κ3) is 4.00. The Kier molecular flexibility index (Phi) is 5.94. The number of nitrogens with zero attached hydrogens (tertiary/aromatic N) is 3. The number of fused-ring (bicyclic) bond motifs is 1. The van der Waals surface area contributed by atoms with Gasteiger partial charge in [-0.3, -0.25) is 4.90 Å².